The fourth-order valence-electron chi connectivity index (χ4n) is 4.04. The average molecular weight is 573 g/mol. The predicted octanol–water partition coefficient (Wildman–Crippen LogP) is 2.45. The van der Waals surface area contributed by atoms with Gasteiger partial charge in [-0.3, -0.25) is 0 Å². The Balaban J connectivity index is 1.82. The Kier molecular flexibility index (Phi) is 9.14. The number of carbonyl (C=O) groups excluding carboxylic acids is 3. The number of esters is 3. The highest BCUT2D eigenvalue weighted by Crippen LogP contribution is 2.30. The van der Waals surface area contributed by atoms with Gasteiger partial charge in [-0.1, -0.05) is 0 Å². The van der Waals surface area contributed by atoms with Crippen molar-refractivity contribution in [2.24, 2.45) is 0 Å². The molecule has 13 heteroatoms. The molecule has 3 rings (SSSR count). The summed E-state index contributed by atoms with van der Waals surface area (Å²) in [5, 5.41) is 69.8. The molecule has 2 unspecified atom stereocenters. The summed E-state index contributed by atoms with van der Waals surface area (Å²) in [6.45, 7) is 2.59. The molecule has 0 amide bonds. The minimum Gasteiger partial charge on any atom is -0.508 e. The third kappa shape index (κ3) is 7.08. The highest BCUT2D eigenvalue weighted by Gasteiger charge is 2.31. The Hall–Kier alpha value is -5.17. The highest BCUT2D eigenvalue weighted by atomic mass is 16.6. The zero-order valence-electron chi connectivity index (χ0n) is 22.1. The third-order valence-corrected chi connectivity index (χ3v) is 5.96. The lowest BCUT2D eigenvalue weighted by Gasteiger charge is -2.24. The van der Waals surface area contributed by atoms with Crippen molar-refractivity contribution in [3.63, 3.8) is 0 Å². The summed E-state index contributed by atoms with van der Waals surface area (Å²) < 4.78 is 15.5. The van der Waals surface area contributed by atoms with E-state index in [1.165, 1.54) is 39.0 Å². The Morgan fingerprint density at radius 2 is 0.927 bits per heavy atom. The highest BCUT2D eigenvalue weighted by molar-refractivity contribution is 5.96. The van der Waals surface area contributed by atoms with Gasteiger partial charge >= 0.3 is 17.9 Å². The van der Waals surface area contributed by atoms with Gasteiger partial charge in [0, 0.05) is 18.2 Å². The molecule has 0 fully saturated rings. The van der Waals surface area contributed by atoms with Crippen LogP contribution >= 0.6 is 0 Å². The maximum absolute atomic E-state index is 12.9. The van der Waals surface area contributed by atoms with E-state index in [0.29, 0.717) is 0 Å². The first-order chi connectivity index (χ1) is 19.2. The number of ether oxygens (including phenoxy) is 3. The molecule has 0 saturated carbocycles. The molecule has 218 valence electrons. The molecule has 0 aromatic heterocycles. The van der Waals surface area contributed by atoms with Gasteiger partial charge in [0.15, 0.2) is 6.10 Å². The number of aryl methyl sites for hydroxylation is 3. The van der Waals surface area contributed by atoms with Gasteiger partial charge in [0.2, 0.25) is 0 Å². The van der Waals surface area contributed by atoms with Gasteiger partial charge in [0.1, 0.15) is 70.5 Å². The van der Waals surface area contributed by atoms with Crippen LogP contribution in [0.5, 0.6) is 34.5 Å². The van der Waals surface area contributed by atoms with Crippen LogP contribution in [0, 0.1) is 20.8 Å². The predicted molar refractivity (Wildman–Crippen MR) is 139 cm³/mol. The first-order valence-electron chi connectivity index (χ1n) is 12.0. The molecule has 3 aromatic carbocycles. The number of benzene rings is 3. The summed E-state index contributed by atoms with van der Waals surface area (Å²) in [6, 6.07) is 6.28. The SMILES string of the molecule is Cc1cc(O)cc(O)c1C(=O)OCC(O)C(COC(=O)c1c(C)cc(O)cc1O)OC(=O)c1c(C)cc(O)cc1O. The molecule has 13 nitrogen and oxygen atoms in total. The summed E-state index contributed by atoms with van der Waals surface area (Å²) in [7, 11) is 0. The Morgan fingerprint density at radius 1 is 0.585 bits per heavy atom. The minimum absolute atomic E-state index is 0.118. The van der Waals surface area contributed by atoms with Gasteiger partial charge in [0.25, 0.3) is 0 Å². The van der Waals surface area contributed by atoms with Crippen LogP contribution in [0.3, 0.4) is 0 Å². The molecule has 0 aliphatic rings. The van der Waals surface area contributed by atoms with Gasteiger partial charge in [0.05, 0.1) is 0 Å². The molecular formula is C28H28O13. The van der Waals surface area contributed by atoms with Crippen molar-refractivity contribution in [3.8, 4) is 34.5 Å². The van der Waals surface area contributed by atoms with E-state index in [9.17, 15) is 50.1 Å². The maximum atomic E-state index is 12.9. The second-order valence-corrected chi connectivity index (χ2v) is 9.18. The standard InChI is InChI=1S/C28H28O13/c1-12-4-15(29)7-18(32)23(12)26(36)39-10-21(35)22(41-28(38)25-14(3)6-17(31)9-20(25)34)11-40-27(37)24-13(2)5-16(30)8-19(24)33/h4-9,21-22,29-35H,10-11H2,1-3H3. The van der Waals surface area contributed by atoms with Crippen LogP contribution in [0.4, 0.5) is 0 Å². The van der Waals surface area contributed by atoms with Gasteiger partial charge in [-0.15, -0.1) is 0 Å². The fourth-order valence-corrected chi connectivity index (χ4v) is 4.04. The quantitative estimate of drug-likeness (QED) is 0.145. The molecule has 0 aliphatic carbocycles. The minimum atomic E-state index is -1.82. The zero-order chi connectivity index (χ0) is 30.6. The smallest absolute Gasteiger partial charge is 0.342 e. The molecule has 0 saturated heterocycles. The van der Waals surface area contributed by atoms with Gasteiger partial charge < -0.3 is 50.0 Å². The first-order valence-corrected chi connectivity index (χ1v) is 12.0. The number of aromatic hydroxyl groups is 6. The topological polar surface area (TPSA) is 221 Å². The molecule has 0 bridgehead atoms. The molecule has 0 heterocycles. The number of hydrogen-bond donors (Lipinski definition) is 7. The molecule has 0 spiro atoms. The van der Waals surface area contributed by atoms with Crippen molar-refractivity contribution in [2.45, 2.75) is 33.0 Å². The van der Waals surface area contributed by atoms with Crippen LogP contribution in [0.2, 0.25) is 0 Å². The summed E-state index contributed by atoms with van der Waals surface area (Å²) in [6.07, 6.45) is -3.51. The Labute approximate surface area is 233 Å². The van der Waals surface area contributed by atoms with Crippen molar-refractivity contribution in [3.05, 3.63) is 69.8 Å². The van der Waals surface area contributed by atoms with E-state index in [-0.39, 0.29) is 50.6 Å². The maximum Gasteiger partial charge on any atom is 0.342 e. The lowest BCUT2D eigenvalue weighted by atomic mass is 10.1. The summed E-state index contributed by atoms with van der Waals surface area (Å²) in [5.41, 5.74) is -0.519. The lowest BCUT2D eigenvalue weighted by molar-refractivity contribution is -0.0659. The molecule has 3 aromatic rings. The number of aliphatic hydroxyl groups is 1. The fraction of sp³-hybridized carbons (Fsp3) is 0.250. The zero-order valence-corrected chi connectivity index (χ0v) is 22.1. The van der Waals surface area contributed by atoms with E-state index < -0.39 is 60.6 Å². The summed E-state index contributed by atoms with van der Waals surface area (Å²) >= 11 is 0. The number of aliphatic hydroxyl groups excluding tert-OH is 1. The second kappa shape index (κ2) is 12.3. The van der Waals surface area contributed by atoms with Crippen LogP contribution in [-0.2, 0) is 14.2 Å². The summed E-state index contributed by atoms with van der Waals surface area (Å²) in [4.78, 5) is 38.2. The largest absolute Gasteiger partial charge is 0.508 e. The monoisotopic (exact) mass is 572 g/mol. The van der Waals surface area contributed by atoms with E-state index in [0.717, 1.165) is 18.2 Å². The van der Waals surface area contributed by atoms with Crippen molar-refractivity contribution in [1.82, 2.24) is 0 Å². The third-order valence-electron chi connectivity index (χ3n) is 5.96. The molecular weight excluding hydrogens is 544 g/mol. The Morgan fingerprint density at radius 3 is 1.29 bits per heavy atom. The van der Waals surface area contributed by atoms with Crippen molar-refractivity contribution in [1.29, 1.82) is 0 Å². The number of carbonyl (C=O) groups is 3. The second-order valence-electron chi connectivity index (χ2n) is 9.18. The van der Waals surface area contributed by atoms with Crippen molar-refractivity contribution < 1.29 is 64.3 Å². The number of rotatable bonds is 9. The van der Waals surface area contributed by atoms with Crippen molar-refractivity contribution >= 4 is 17.9 Å². The van der Waals surface area contributed by atoms with E-state index in [1.54, 1.807) is 0 Å². The molecule has 41 heavy (non-hydrogen) atoms. The normalized spacial score (nSPS) is 12.3. The molecule has 2 atom stereocenters. The molecule has 7 N–H and O–H groups in total. The average Bonchev–Trinajstić information content (AvgIpc) is 2.83. The van der Waals surface area contributed by atoms with Gasteiger partial charge in [-0.05, 0) is 55.7 Å². The summed E-state index contributed by atoms with van der Waals surface area (Å²) in [5.74, 6) is -6.10. The van der Waals surface area contributed by atoms with E-state index in [2.05, 4.69) is 0 Å². The van der Waals surface area contributed by atoms with Gasteiger partial charge in [-0.25, -0.2) is 14.4 Å². The molecule has 0 aliphatic heterocycles. The first kappa shape index (κ1) is 30.4. The number of phenolic OH excluding ortho intramolecular Hbond substituents is 6. The van der Waals surface area contributed by atoms with E-state index >= 15 is 0 Å². The molecule has 0 radical (unpaired) electrons. The van der Waals surface area contributed by atoms with Crippen LogP contribution < -0.4 is 0 Å². The lowest BCUT2D eigenvalue weighted by Crippen LogP contribution is -2.39. The van der Waals surface area contributed by atoms with Crippen LogP contribution in [0.1, 0.15) is 47.8 Å². The van der Waals surface area contributed by atoms with E-state index in [4.69, 9.17) is 14.2 Å². The van der Waals surface area contributed by atoms with Crippen LogP contribution in [-0.4, -0.2) is 79.1 Å². The van der Waals surface area contributed by atoms with Crippen LogP contribution in [0.15, 0.2) is 36.4 Å². The number of phenols is 6. The van der Waals surface area contributed by atoms with Gasteiger partial charge in [-0.2, -0.15) is 0 Å². The van der Waals surface area contributed by atoms with E-state index in [1.807, 2.05) is 0 Å². The van der Waals surface area contributed by atoms with Crippen LogP contribution in [0.25, 0.3) is 0 Å². The number of hydrogen-bond acceptors (Lipinski definition) is 13. The van der Waals surface area contributed by atoms with Crippen molar-refractivity contribution in [2.75, 3.05) is 13.2 Å². The Bertz CT molecular complexity index is 1430.